The smallest absolute Gasteiger partial charge is 0.189 e. The lowest BCUT2D eigenvalue weighted by Gasteiger charge is -2.16. The van der Waals surface area contributed by atoms with Gasteiger partial charge in [0.25, 0.3) is 0 Å². The lowest BCUT2D eigenvalue weighted by Crippen LogP contribution is -1.97. The normalized spacial score (nSPS) is 10.9. The average molecular weight is 672 g/mol. The predicted octanol–water partition coefficient (Wildman–Crippen LogP) is 12.9. The zero-order valence-electron chi connectivity index (χ0n) is 28.2. The molecule has 0 bridgehead atoms. The molecule has 53 heavy (non-hydrogen) atoms. The van der Waals surface area contributed by atoms with Crippen LogP contribution in [0.2, 0.25) is 0 Å². The number of fused-ring (bicyclic) bond motifs is 5. The summed E-state index contributed by atoms with van der Waals surface area (Å²) in [7, 11) is 0. The first-order chi connectivity index (χ1) is 26.0. The van der Waals surface area contributed by atoms with E-state index in [2.05, 4.69) is 130 Å². The summed E-state index contributed by atoms with van der Waals surface area (Å²) in [5.74, 6) is 0. The fourth-order valence-electron chi connectivity index (χ4n) is 7.55. The van der Waals surface area contributed by atoms with E-state index in [9.17, 15) is 10.5 Å². The molecule has 8 aromatic carbocycles. The summed E-state index contributed by atoms with van der Waals surface area (Å²) >= 11 is 0. The highest BCUT2D eigenvalue weighted by Gasteiger charge is 2.19. The van der Waals surface area contributed by atoms with Gasteiger partial charge in [-0.05, 0) is 128 Å². The number of benzene rings is 8. The molecule has 9 aromatic rings. The minimum atomic E-state index is 0.411. The Labute approximate surface area is 305 Å². The van der Waals surface area contributed by atoms with E-state index in [4.69, 9.17) is 13.1 Å². The van der Waals surface area contributed by atoms with E-state index >= 15 is 0 Å². The van der Waals surface area contributed by atoms with Gasteiger partial charge in [-0.25, -0.2) is 9.69 Å². The van der Waals surface area contributed by atoms with E-state index in [-0.39, 0.29) is 0 Å². The van der Waals surface area contributed by atoms with Gasteiger partial charge in [0.2, 0.25) is 0 Å². The summed E-state index contributed by atoms with van der Waals surface area (Å²) in [5, 5.41) is 26.2. The summed E-state index contributed by atoms with van der Waals surface area (Å²) in [5.41, 5.74) is 10.3. The number of para-hydroxylation sites is 1. The highest BCUT2D eigenvalue weighted by molar-refractivity contribution is 6.13. The van der Waals surface area contributed by atoms with E-state index in [1.54, 1.807) is 12.1 Å². The Morgan fingerprint density at radius 2 is 0.962 bits per heavy atom. The van der Waals surface area contributed by atoms with Gasteiger partial charge in [0.1, 0.15) is 0 Å². The van der Waals surface area contributed by atoms with Crippen LogP contribution in [0.5, 0.6) is 0 Å². The van der Waals surface area contributed by atoms with E-state index in [1.165, 1.54) is 21.5 Å². The first-order valence-electron chi connectivity index (χ1n) is 17.0. The second-order valence-electron chi connectivity index (χ2n) is 13.0. The zero-order valence-corrected chi connectivity index (χ0v) is 28.2. The molecule has 0 amide bonds. The van der Waals surface area contributed by atoms with Crippen LogP contribution in [0.25, 0.3) is 92.1 Å². The molecule has 1 heterocycles. The Kier molecular flexibility index (Phi) is 7.28. The minimum Gasteiger partial charge on any atom is -0.309 e. The van der Waals surface area contributed by atoms with Crippen molar-refractivity contribution in [2.24, 2.45) is 0 Å². The lowest BCUT2D eigenvalue weighted by molar-refractivity contribution is 1.18. The highest BCUT2D eigenvalue weighted by Crippen LogP contribution is 2.42. The van der Waals surface area contributed by atoms with Crippen molar-refractivity contribution >= 4 is 54.7 Å². The van der Waals surface area contributed by atoms with Crippen molar-refractivity contribution in [2.75, 3.05) is 0 Å². The first kappa shape index (κ1) is 31.1. The Bertz CT molecular complexity index is 2980. The maximum atomic E-state index is 9.73. The van der Waals surface area contributed by atoms with Crippen LogP contribution < -0.4 is 0 Å². The van der Waals surface area contributed by atoms with Gasteiger partial charge in [-0.2, -0.15) is 10.5 Å². The summed E-state index contributed by atoms with van der Waals surface area (Å²) in [6.45, 7) is 15.3. The van der Waals surface area contributed by atoms with Gasteiger partial charge in [-0.1, -0.05) is 72.8 Å². The molecular formula is C48H25N5. The van der Waals surface area contributed by atoms with Crippen LogP contribution in [-0.2, 0) is 0 Å². The number of aromatic nitrogens is 1. The molecule has 0 N–H and O–H groups in total. The molecule has 242 valence electrons. The number of nitriles is 2. The molecule has 0 radical (unpaired) electrons. The number of hydrogen-bond acceptors (Lipinski definition) is 2. The van der Waals surface area contributed by atoms with Crippen molar-refractivity contribution in [1.29, 1.82) is 10.5 Å². The molecule has 5 nitrogen and oxygen atoms in total. The van der Waals surface area contributed by atoms with Gasteiger partial charge in [-0.3, -0.25) is 0 Å². The van der Waals surface area contributed by atoms with Crippen LogP contribution in [0.15, 0.2) is 152 Å². The third-order valence-electron chi connectivity index (χ3n) is 9.97. The van der Waals surface area contributed by atoms with E-state index in [1.807, 2.05) is 36.4 Å². The van der Waals surface area contributed by atoms with Crippen LogP contribution in [0.4, 0.5) is 11.4 Å². The van der Waals surface area contributed by atoms with Crippen molar-refractivity contribution in [2.45, 2.75) is 0 Å². The van der Waals surface area contributed by atoms with Crippen molar-refractivity contribution in [1.82, 2.24) is 4.57 Å². The zero-order chi connectivity index (χ0) is 36.1. The molecule has 0 saturated carbocycles. The fourth-order valence-corrected chi connectivity index (χ4v) is 7.55. The topological polar surface area (TPSA) is 61.2 Å². The molecule has 0 fully saturated rings. The van der Waals surface area contributed by atoms with Gasteiger partial charge in [-0.15, -0.1) is 0 Å². The molecular weight excluding hydrogens is 647 g/mol. The lowest BCUT2D eigenvalue weighted by atomic mass is 9.94. The van der Waals surface area contributed by atoms with E-state index < -0.39 is 0 Å². The number of hydrogen-bond donors (Lipinski definition) is 0. The van der Waals surface area contributed by atoms with Gasteiger partial charge in [0.15, 0.2) is 11.4 Å². The van der Waals surface area contributed by atoms with Crippen LogP contribution in [0.1, 0.15) is 11.1 Å². The molecule has 0 aliphatic heterocycles. The highest BCUT2D eigenvalue weighted by atomic mass is 15.0. The second kappa shape index (κ2) is 12.4. The Morgan fingerprint density at radius 1 is 0.434 bits per heavy atom. The first-order valence-corrected chi connectivity index (χ1v) is 17.0. The monoisotopic (exact) mass is 671 g/mol. The Hall–Kier alpha value is -7.96. The third-order valence-corrected chi connectivity index (χ3v) is 9.97. The van der Waals surface area contributed by atoms with E-state index in [0.29, 0.717) is 22.5 Å². The molecule has 1 aromatic heterocycles. The largest absolute Gasteiger partial charge is 0.309 e. The Morgan fingerprint density at radius 3 is 1.55 bits per heavy atom. The van der Waals surface area contributed by atoms with Gasteiger partial charge in [0, 0.05) is 27.5 Å². The quantitative estimate of drug-likeness (QED) is 0.138. The molecule has 0 aliphatic rings. The SMILES string of the molecule is [C-]#[N+]c1cc(C#N)cc(-c2ccc3c(c2)c2cc(-c4cc(C#N)cc([N+]#[C-])c4)ccc2n3-c2ccccc2-c2cccc3cc4ccccc4cc23)c1. The van der Waals surface area contributed by atoms with Gasteiger partial charge < -0.3 is 4.57 Å². The van der Waals surface area contributed by atoms with Crippen LogP contribution >= 0.6 is 0 Å². The standard InChI is InChI=1S/C48H25N5/c1-51-39-20-30(28-49)18-37(23-39)34-14-16-47-44(26-34)45-27-35(38-19-31(29-50)21-40(24-38)52-2)15-17-48(45)53(47)46-13-6-5-11-42(46)41-12-7-10-36-22-32-8-3-4-9-33(32)25-43(36)41/h3-27H. The van der Waals surface area contributed by atoms with Crippen LogP contribution in [0.3, 0.4) is 0 Å². The second-order valence-corrected chi connectivity index (χ2v) is 13.0. The van der Waals surface area contributed by atoms with Crippen molar-refractivity contribution in [3.8, 4) is 51.2 Å². The molecule has 0 unspecified atom stereocenters. The molecule has 0 saturated heterocycles. The summed E-state index contributed by atoms with van der Waals surface area (Å²) in [6, 6.07) is 55.4. The van der Waals surface area contributed by atoms with Crippen LogP contribution in [0, 0.1) is 35.8 Å². The maximum absolute atomic E-state index is 9.73. The predicted molar refractivity (Wildman–Crippen MR) is 214 cm³/mol. The maximum Gasteiger partial charge on any atom is 0.189 e. The molecule has 5 heteroatoms. The number of nitrogens with zero attached hydrogens (tertiary/aromatic N) is 5. The van der Waals surface area contributed by atoms with Gasteiger partial charge in [0.05, 0.1) is 42.0 Å². The fraction of sp³-hybridized carbons (Fsp3) is 0. The van der Waals surface area contributed by atoms with Gasteiger partial charge >= 0.3 is 0 Å². The molecule has 0 atom stereocenters. The van der Waals surface area contributed by atoms with E-state index in [0.717, 1.165) is 60.9 Å². The molecule has 9 rings (SSSR count). The summed E-state index contributed by atoms with van der Waals surface area (Å²) in [6.07, 6.45) is 0. The number of rotatable bonds is 4. The third kappa shape index (κ3) is 5.23. The Balaban J connectivity index is 1.33. The summed E-state index contributed by atoms with van der Waals surface area (Å²) in [4.78, 5) is 7.24. The summed E-state index contributed by atoms with van der Waals surface area (Å²) < 4.78 is 2.31. The van der Waals surface area contributed by atoms with Crippen molar-refractivity contribution in [3.63, 3.8) is 0 Å². The van der Waals surface area contributed by atoms with Crippen molar-refractivity contribution in [3.05, 3.63) is 186 Å². The van der Waals surface area contributed by atoms with Crippen LogP contribution in [-0.4, -0.2) is 4.57 Å². The van der Waals surface area contributed by atoms with Crippen molar-refractivity contribution < 1.29 is 0 Å². The molecule has 0 spiro atoms. The molecule has 0 aliphatic carbocycles. The minimum absolute atomic E-state index is 0.411. The average Bonchev–Trinajstić information content (AvgIpc) is 3.55.